The van der Waals surface area contributed by atoms with Crippen molar-refractivity contribution in [1.29, 1.82) is 0 Å². The maximum Gasteiger partial charge on any atom is 0.304 e. The van der Waals surface area contributed by atoms with Crippen molar-refractivity contribution in [2.45, 2.75) is 19.3 Å². The summed E-state index contributed by atoms with van der Waals surface area (Å²) < 4.78 is 0. The molecule has 0 amide bonds. The van der Waals surface area contributed by atoms with E-state index >= 15 is 0 Å². The minimum absolute atomic E-state index is 0.0461. The Kier molecular flexibility index (Phi) is 6.61. The Morgan fingerprint density at radius 2 is 1.13 bits per heavy atom. The lowest BCUT2D eigenvalue weighted by atomic mass is 9.88. The van der Waals surface area contributed by atoms with Crippen molar-refractivity contribution in [2.24, 2.45) is 0 Å². The van der Waals surface area contributed by atoms with E-state index < -0.39 is 11.9 Å². The number of phenolic OH excluding ortho intramolecular Hbond substituents is 2. The number of benzene rings is 2. The van der Waals surface area contributed by atoms with Crippen LogP contribution in [0.1, 0.15) is 30.4 Å². The molecule has 2 rings (SSSR count). The number of rotatable bonds is 4. The van der Waals surface area contributed by atoms with Crippen LogP contribution in [0.15, 0.2) is 48.5 Å². The molecule has 6 heteroatoms. The van der Waals surface area contributed by atoms with Gasteiger partial charge in [-0.2, -0.15) is 0 Å². The second-order valence-corrected chi connectivity index (χ2v) is 4.85. The van der Waals surface area contributed by atoms with Crippen molar-refractivity contribution in [2.75, 3.05) is 0 Å². The molecule has 0 saturated heterocycles. The molecule has 23 heavy (non-hydrogen) atoms. The first-order chi connectivity index (χ1) is 10.8. The SMILES string of the molecule is CC(=O)O.O=C(O)CC(c1ccc(O)cc1)c1ccc(O)cc1. The van der Waals surface area contributed by atoms with E-state index in [4.69, 9.17) is 15.0 Å². The highest BCUT2D eigenvalue weighted by Crippen LogP contribution is 2.30. The molecule has 0 unspecified atom stereocenters. The molecule has 0 saturated carbocycles. The zero-order valence-corrected chi connectivity index (χ0v) is 12.5. The van der Waals surface area contributed by atoms with Gasteiger partial charge in [-0.25, -0.2) is 0 Å². The van der Waals surface area contributed by atoms with E-state index in [1.807, 2.05) is 0 Å². The largest absolute Gasteiger partial charge is 0.508 e. The third kappa shape index (κ3) is 6.52. The summed E-state index contributed by atoms with van der Waals surface area (Å²) in [5.41, 5.74) is 1.62. The van der Waals surface area contributed by atoms with Gasteiger partial charge in [0.05, 0.1) is 6.42 Å². The van der Waals surface area contributed by atoms with Crippen LogP contribution in [0, 0.1) is 0 Å². The number of hydrogen-bond acceptors (Lipinski definition) is 4. The molecule has 0 bridgehead atoms. The fraction of sp³-hybridized carbons (Fsp3) is 0.176. The highest BCUT2D eigenvalue weighted by molar-refractivity contribution is 5.69. The molecule has 0 radical (unpaired) electrons. The molecule has 6 nitrogen and oxygen atoms in total. The lowest BCUT2D eigenvalue weighted by molar-refractivity contribution is -0.137. The molecular weight excluding hydrogens is 300 g/mol. The number of carbonyl (C=O) groups is 2. The molecular formula is C17H18O6. The fourth-order valence-electron chi connectivity index (χ4n) is 2.02. The number of aliphatic carboxylic acids is 2. The summed E-state index contributed by atoms with van der Waals surface area (Å²) in [5.74, 6) is -1.75. The van der Waals surface area contributed by atoms with Crippen LogP contribution in [0.4, 0.5) is 0 Å². The van der Waals surface area contributed by atoms with E-state index in [2.05, 4.69) is 0 Å². The molecule has 0 aliphatic heterocycles. The Labute approximate surface area is 133 Å². The van der Waals surface area contributed by atoms with Gasteiger partial charge in [-0.05, 0) is 35.4 Å². The van der Waals surface area contributed by atoms with Gasteiger partial charge in [0.25, 0.3) is 5.97 Å². The van der Waals surface area contributed by atoms with E-state index in [0.717, 1.165) is 18.1 Å². The normalized spacial score (nSPS) is 9.83. The molecule has 0 aromatic heterocycles. The van der Waals surface area contributed by atoms with Gasteiger partial charge >= 0.3 is 5.97 Å². The first-order valence-electron chi connectivity index (χ1n) is 6.78. The summed E-state index contributed by atoms with van der Waals surface area (Å²) in [7, 11) is 0. The second kappa shape index (κ2) is 8.43. The molecule has 0 aliphatic rings. The first-order valence-corrected chi connectivity index (χ1v) is 6.78. The zero-order chi connectivity index (χ0) is 17.4. The smallest absolute Gasteiger partial charge is 0.304 e. The second-order valence-electron chi connectivity index (χ2n) is 4.85. The van der Waals surface area contributed by atoms with Crippen LogP contribution in [0.2, 0.25) is 0 Å². The fourth-order valence-corrected chi connectivity index (χ4v) is 2.02. The Morgan fingerprint density at radius 3 is 1.39 bits per heavy atom. The van der Waals surface area contributed by atoms with Gasteiger partial charge in [-0.15, -0.1) is 0 Å². The molecule has 4 N–H and O–H groups in total. The van der Waals surface area contributed by atoms with Gasteiger partial charge in [-0.3, -0.25) is 9.59 Å². The van der Waals surface area contributed by atoms with Crippen LogP contribution >= 0.6 is 0 Å². The molecule has 0 aliphatic carbocycles. The maximum atomic E-state index is 11.0. The van der Waals surface area contributed by atoms with Crippen molar-refractivity contribution in [1.82, 2.24) is 0 Å². The number of carboxylic acids is 2. The Bertz CT molecular complexity index is 596. The van der Waals surface area contributed by atoms with Crippen molar-refractivity contribution >= 4 is 11.9 Å². The highest BCUT2D eigenvalue weighted by atomic mass is 16.4. The standard InChI is InChI=1S/C15H14O4.C2H4O2/c16-12-5-1-10(2-6-12)14(9-15(18)19)11-3-7-13(17)8-4-11;1-2(3)4/h1-8,14,16-17H,9H2,(H,18,19);1H3,(H,3,4). The van der Waals surface area contributed by atoms with Gasteiger partial charge in [0, 0.05) is 12.8 Å². The van der Waals surface area contributed by atoms with Gasteiger partial charge in [0.1, 0.15) is 11.5 Å². The molecule has 0 spiro atoms. The highest BCUT2D eigenvalue weighted by Gasteiger charge is 2.17. The van der Waals surface area contributed by atoms with Crippen LogP contribution in [-0.4, -0.2) is 32.4 Å². The van der Waals surface area contributed by atoms with E-state index in [1.54, 1.807) is 24.3 Å². The minimum atomic E-state index is -0.897. The predicted octanol–water partition coefficient (Wildman–Crippen LogP) is 2.80. The molecule has 0 fully saturated rings. The Hall–Kier alpha value is -3.02. The molecule has 0 heterocycles. The van der Waals surface area contributed by atoms with E-state index in [9.17, 15) is 15.0 Å². The summed E-state index contributed by atoms with van der Waals surface area (Å²) in [5, 5.41) is 35.0. The number of hydrogen-bond donors (Lipinski definition) is 4. The van der Waals surface area contributed by atoms with Crippen LogP contribution in [0.3, 0.4) is 0 Å². The lowest BCUT2D eigenvalue weighted by Crippen LogP contribution is -2.07. The average Bonchev–Trinajstić information content (AvgIpc) is 2.46. The van der Waals surface area contributed by atoms with Crippen LogP contribution in [0.5, 0.6) is 11.5 Å². The van der Waals surface area contributed by atoms with Gasteiger partial charge < -0.3 is 20.4 Å². The quantitative estimate of drug-likeness (QED) is 0.689. The number of carboxylic acid groups (broad SMARTS) is 2. The van der Waals surface area contributed by atoms with Crippen LogP contribution < -0.4 is 0 Å². The summed E-state index contributed by atoms with van der Waals surface area (Å²) in [6.07, 6.45) is -0.0461. The molecule has 0 atom stereocenters. The molecule has 2 aromatic rings. The summed E-state index contributed by atoms with van der Waals surface area (Å²) in [4.78, 5) is 20.0. The van der Waals surface area contributed by atoms with Crippen LogP contribution in [0.25, 0.3) is 0 Å². The first kappa shape index (κ1) is 18.0. The summed E-state index contributed by atoms with van der Waals surface area (Å²) in [6.45, 7) is 1.08. The average molecular weight is 318 g/mol. The topological polar surface area (TPSA) is 115 Å². The van der Waals surface area contributed by atoms with E-state index in [0.29, 0.717) is 0 Å². The third-order valence-corrected chi connectivity index (χ3v) is 2.97. The summed E-state index contributed by atoms with van der Waals surface area (Å²) >= 11 is 0. The van der Waals surface area contributed by atoms with Crippen molar-refractivity contribution in [3.63, 3.8) is 0 Å². The van der Waals surface area contributed by atoms with Crippen molar-refractivity contribution in [3.05, 3.63) is 59.7 Å². The van der Waals surface area contributed by atoms with E-state index in [-0.39, 0.29) is 23.8 Å². The lowest BCUT2D eigenvalue weighted by Gasteiger charge is -2.16. The van der Waals surface area contributed by atoms with Gasteiger partial charge in [-0.1, -0.05) is 24.3 Å². The monoisotopic (exact) mass is 318 g/mol. The molecule has 122 valence electrons. The Morgan fingerprint density at radius 1 is 0.826 bits per heavy atom. The van der Waals surface area contributed by atoms with Crippen molar-refractivity contribution in [3.8, 4) is 11.5 Å². The Balaban J connectivity index is 0.000000593. The number of phenols is 2. The third-order valence-electron chi connectivity index (χ3n) is 2.97. The van der Waals surface area contributed by atoms with Crippen molar-refractivity contribution < 1.29 is 30.0 Å². The van der Waals surface area contributed by atoms with E-state index in [1.165, 1.54) is 24.3 Å². The van der Waals surface area contributed by atoms with Gasteiger partial charge in [0.15, 0.2) is 0 Å². The predicted molar refractivity (Wildman–Crippen MR) is 83.6 cm³/mol. The summed E-state index contributed by atoms with van der Waals surface area (Å²) in [6, 6.07) is 12.9. The van der Waals surface area contributed by atoms with Crippen LogP contribution in [-0.2, 0) is 9.59 Å². The number of aromatic hydroxyl groups is 2. The molecule has 2 aromatic carbocycles. The maximum absolute atomic E-state index is 11.0. The zero-order valence-electron chi connectivity index (χ0n) is 12.5. The minimum Gasteiger partial charge on any atom is -0.508 e. The van der Waals surface area contributed by atoms with Gasteiger partial charge in [0.2, 0.25) is 0 Å².